The van der Waals surface area contributed by atoms with Crippen molar-refractivity contribution in [3.63, 3.8) is 0 Å². The van der Waals surface area contributed by atoms with Gasteiger partial charge >= 0.3 is 0 Å². The molecular weight excluding hydrogens is 248 g/mol. The first-order valence-corrected chi connectivity index (χ1v) is 8.49. The fraction of sp³-hybridized carbons (Fsp3) is 1.00. The molecular formula is C17H36N2O. The van der Waals surface area contributed by atoms with E-state index in [0.29, 0.717) is 18.1 Å². The molecule has 1 rings (SSSR count). The molecule has 0 aliphatic heterocycles. The van der Waals surface area contributed by atoms with Crippen molar-refractivity contribution < 1.29 is 4.74 Å². The molecule has 0 bridgehead atoms. The molecule has 0 spiro atoms. The Balaban J connectivity index is 2.78. The summed E-state index contributed by atoms with van der Waals surface area (Å²) in [4.78, 5) is 2.66. The third-order valence-electron chi connectivity index (χ3n) is 4.91. The standard InChI is InChI=1S/C17H36N2O/c1-7-18-16-9-8-15(13(2)3)12-17(16)19(14(4)5)10-11-20-6/h13-18H,7-12H2,1-6H3. The summed E-state index contributed by atoms with van der Waals surface area (Å²) in [5.41, 5.74) is 0. The van der Waals surface area contributed by atoms with Gasteiger partial charge in [0.25, 0.3) is 0 Å². The summed E-state index contributed by atoms with van der Waals surface area (Å²) in [6.07, 6.45) is 4.02. The Labute approximate surface area is 126 Å². The van der Waals surface area contributed by atoms with Crippen LogP contribution in [-0.2, 0) is 4.74 Å². The first-order valence-electron chi connectivity index (χ1n) is 8.49. The molecule has 0 aromatic rings. The van der Waals surface area contributed by atoms with Gasteiger partial charge in [0, 0.05) is 31.8 Å². The lowest BCUT2D eigenvalue weighted by atomic mass is 9.76. The van der Waals surface area contributed by atoms with Crippen molar-refractivity contribution in [1.29, 1.82) is 0 Å². The second-order valence-electron chi connectivity index (χ2n) is 6.87. The fourth-order valence-corrected chi connectivity index (χ4v) is 3.65. The van der Waals surface area contributed by atoms with E-state index in [-0.39, 0.29) is 0 Å². The second kappa shape index (κ2) is 9.01. The lowest BCUT2D eigenvalue weighted by Crippen LogP contribution is -2.56. The minimum Gasteiger partial charge on any atom is -0.383 e. The van der Waals surface area contributed by atoms with Gasteiger partial charge in [-0.15, -0.1) is 0 Å². The van der Waals surface area contributed by atoms with Crippen LogP contribution in [0.3, 0.4) is 0 Å². The van der Waals surface area contributed by atoms with Gasteiger partial charge in [0.2, 0.25) is 0 Å². The normalized spacial score (nSPS) is 27.8. The van der Waals surface area contributed by atoms with E-state index < -0.39 is 0 Å². The first-order chi connectivity index (χ1) is 9.51. The predicted molar refractivity (Wildman–Crippen MR) is 87.1 cm³/mol. The minimum atomic E-state index is 0.585. The Morgan fingerprint density at radius 2 is 1.90 bits per heavy atom. The lowest BCUT2D eigenvalue weighted by molar-refractivity contribution is 0.0395. The monoisotopic (exact) mass is 284 g/mol. The van der Waals surface area contributed by atoms with E-state index in [1.165, 1.54) is 19.3 Å². The van der Waals surface area contributed by atoms with Crippen LogP contribution in [0.15, 0.2) is 0 Å². The van der Waals surface area contributed by atoms with Crippen LogP contribution in [0.25, 0.3) is 0 Å². The van der Waals surface area contributed by atoms with E-state index >= 15 is 0 Å². The Hall–Kier alpha value is -0.120. The van der Waals surface area contributed by atoms with Crippen molar-refractivity contribution in [1.82, 2.24) is 10.2 Å². The molecule has 0 aromatic carbocycles. The number of nitrogens with one attached hydrogen (secondary N) is 1. The van der Waals surface area contributed by atoms with E-state index in [4.69, 9.17) is 4.74 Å². The zero-order chi connectivity index (χ0) is 15.1. The zero-order valence-corrected chi connectivity index (χ0v) is 14.5. The molecule has 3 nitrogen and oxygen atoms in total. The number of nitrogens with zero attached hydrogens (tertiary/aromatic N) is 1. The fourth-order valence-electron chi connectivity index (χ4n) is 3.65. The summed E-state index contributed by atoms with van der Waals surface area (Å²) < 4.78 is 5.32. The van der Waals surface area contributed by atoms with Crippen LogP contribution in [0.5, 0.6) is 0 Å². The van der Waals surface area contributed by atoms with Crippen molar-refractivity contribution in [3.8, 4) is 0 Å². The van der Waals surface area contributed by atoms with Crippen molar-refractivity contribution in [2.75, 3.05) is 26.8 Å². The summed E-state index contributed by atoms with van der Waals surface area (Å²) in [5, 5.41) is 3.72. The van der Waals surface area contributed by atoms with Gasteiger partial charge in [-0.25, -0.2) is 0 Å². The van der Waals surface area contributed by atoms with Crippen molar-refractivity contribution >= 4 is 0 Å². The smallest absolute Gasteiger partial charge is 0.0589 e. The Kier molecular flexibility index (Phi) is 8.08. The SMILES string of the molecule is CCNC1CCC(C(C)C)CC1N(CCOC)C(C)C. The molecule has 1 N–H and O–H groups in total. The maximum atomic E-state index is 5.32. The Bertz CT molecular complexity index is 255. The summed E-state index contributed by atoms with van der Waals surface area (Å²) in [5.74, 6) is 1.68. The molecule has 3 heteroatoms. The summed E-state index contributed by atoms with van der Waals surface area (Å²) in [6, 6.07) is 1.89. The molecule has 20 heavy (non-hydrogen) atoms. The number of ether oxygens (including phenoxy) is 1. The van der Waals surface area contributed by atoms with Crippen LogP contribution < -0.4 is 5.32 Å². The van der Waals surface area contributed by atoms with E-state index in [0.717, 1.165) is 31.5 Å². The van der Waals surface area contributed by atoms with E-state index in [1.54, 1.807) is 7.11 Å². The van der Waals surface area contributed by atoms with Gasteiger partial charge < -0.3 is 10.1 Å². The highest BCUT2D eigenvalue weighted by Gasteiger charge is 2.35. The van der Waals surface area contributed by atoms with Crippen molar-refractivity contribution in [2.45, 2.75) is 72.0 Å². The van der Waals surface area contributed by atoms with Crippen LogP contribution in [0, 0.1) is 11.8 Å². The average molecular weight is 284 g/mol. The molecule has 3 atom stereocenters. The predicted octanol–water partition coefficient (Wildman–Crippen LogP) is 3.15. The van der Waals surface area contributed by atoms with Crippen molar-refractivity contribution in [2.24, 2.45) is 11.8 Å². The molecule has 120 valence electrons. The second-order valence-corrected chi connectivity index (χ2v) is 6.87. The molecule has 3 unspecified atom stereocenters. The average Bonchev–Trinajstić information content (AvgIpc) is 2.40. The van der Waals surface area contributed by atoms with Crippen LogP contribution in [-0.4, -0.2) is 49.8 Å². The Morgan fingerprint density at radius 1 is 1.20 bits per heavy atom. The number of likely N-dealkylation sites (N-methyl/N-ethyl adjacent to an activating group) is 1. The van der Waals surface area contributed by atoms with Gasteiger partial charge in [0.05, 0.1) is 6.61 Å². The van der Waals surface area contributed by atoms with Crippen LogP contribution in [0.1, 0.15) is 53.9 Å². The van der Waals surface area contributed by atoms with Crippen LogP contribution in [0.2, 0.25) is 0 Å². The molecule has 1 aliphatic carbocycles. The van der Waals surface area contributed by atoms with E-state index in [1.807, 2.05) is 0 Å². The van der Waals surface area contributed by atoms with Gasteiger partial charge in [-0.2, -0.15) is 0 Å². The van der Waals surface area contributed by atoms with Gasteiger partial charge in [-0.05, 0) is 51.5 Å². The molecule has 0 heterocycles. The third kappa shape index (κ3) is 5.01. The summed E-state index contributed by atoms with van der Waals surface area (Å²) in [6.45, 7) is 14.6. The molecule has 1 fully saturated rings. The highest BCUT2D eigenvalue weighted by atomic mass is 16.5. The number of hydrogen-bond donors (Lipinski definition) is 1. The van der Waals surface area contributed by atoms with Gasteiger partial charge in [0.1, 0.15) is 0 Å². The maximum absolute atomic E-state index is 5.32. The third-order valence-corrected chi connectivity index (χ3v) is 4.91. The summed E-state index contributed by atoms with van der Waals surface area (Å²) in [7, 11) is 1.80. The number of hydrogen-bond acceptors (Lipinski definition) is 3. The molecule has 0 saturated heterocycles. The van der Waals surface area contributed by atoms with Crippen LogP contribution >= 0.6 is 0 Å². The molecule has 1 aliphatic rings. The molecule has 1 saturated carbocycles. The van der Waals surface area contributed by atoms with Gasteiger partial charge in [0.15, 0.2) is 0 Å². The van der Waals surface area contributed by atoms with Gasteiger partial charge in [-0.3, -0.25) is 4.90 Å². The van der Waals surface area contributed by atoms with E-state index in [9.17, 15) is 0 Å². The largest absolute Gasteiger partial charge is 0.383 e. The number of methoxy groups -OCH3 is 1. The van der Waals surface area contributed by atoms with Crippen LogP contribution in [0.4, 0.5) is 0 Å². The Morgan fingerprint density at radius 3 is 2.40 bits per heavy atom. The molecule has 0 amide bonds. The van der Waals surface area contributed by atoms with Gasteiger partial charge in [-0.1, -0.05) is 20.8 Å². The highest BCUT2D eigenvalue weighted by molar-refractivity contribution is 4.92. The topological polar surface area (TPSA) is 24.5 Å². The summed E-state index contributed by atoms with van der Waals surface area (Å²) >= 11 is 0. The quantitative estimate of drug-likeness (QED) is 0.741. The lowest BCUT2D eigenvalue weighted by Gasteiger charge is -2.45. The molecule has 0 radical (unpaired) electrons. The van der Waals surface area contributed by atoms with Crippen molar-refractivity contribution in [3.05, 3.63) is 0 Å². The maximum Gasteiger partial charge on any atom is 0.0589 e. The zero-order valence-electron chi connectivity index (χ0n) is 14.5. The minimum absolute atomic E-state index is 0.585. The first kappa shape index (κ1) is 17.9. The highest BCUT2D eigenvalue weighted by Crippen LogP contribution is 2.33. The molecule has 0 aromatic heterocycles. The number of rotatable bonds is 8. The van der Waals surface area contributed by atoms with E-state index in [2.05, 4.69) is 44.8 Å².